The van der Waals surface area contributed by atoms with Crippen molar-refractivity contribution in [2.45, 2.75) is 18.7 Å². The predicted octanol–water partition coefficient (Wildman–Crippen LogP) is 1.66. The van der Waals surface area contributed by atoms with Gasteiger partial charge in [0.1, 0.15) is 5.69 Å². The normalized spacial score (nSPS) is 15.2. The molecule has 0 aliphatic carbocycles. The summed E-state index contributed by atoms with van der Waals surface area (Å²) in [5.41, 5.74) is 1.83. The van der Waals surface area contributed by atoms with Crippen LogP contribution in [0.3, 0.4) is 0 Å². The number of sulfonamides is 1. The monoisotopic (exact) mass is 454 g/mol. The number of hydrogen-bond donors (Lipinski definition) is 0. The van der Waals surface area contributed by atoms with Crippen molar-refractivity contribution in [2.24, 2.45) is 7.05 Å². The Labute approximate surface area is 187 Å². The first-order valence-electron chi connectivity index (χ1n) is 10.4. The van der Waals surface area contributed by atoms with Gasteiger partial charge in [0, 0.05) is 33.2 Å². The zero-order valence-electron chi connectivity index (χ0n) is 18.4. The van der Waals surface area contributed by atoms with Crippen LogP contribution in [0.15, 0.2) is 69.1 Å². The Morgan fingerprint density at radius 3 is 2.00 bits per heavy atom. The average Bonchev–Trinajstić information content (AvgIpc) is 2.79. The summed E-state index contributed by atoms with van der Waals surface area (Å²) in [5, 5.41) is 0. The molecule has 1 aliphatic rings. The minimum Gasteiger partial charge on any atom is -0.363 e. The smallest absolute Gasteiger partial charge is 0.335 e. The lowest BCUT2D eigenvalue weighted by molar-refractivity contribution is 0.383. The van der Waals surface area contributed by atoms with E-state index in [-0.39, 0.29) is 23.5 Å². The highest BCUT2D eigenvalue weighted by Crippen LogP contribution is 2.22. The molecule has 4 rings (SSSR count). The van der Waals surface area contributed by atoms with Crippen molar-refractivity contribution in [1.29, 1.82) is 0 Å². The number of aromatic nitrogens is 2. The number of para-hydroxylation sites is 1. The van der Waals surface area contributed by atoms with E-state index in [0.717, 1.165) is 10.1 Å². The molecule has 0 radical (unpaired) electrons. The molecule has 1 aliphatic heterocycles. The summed E-state index contributed by atoms with van der Waals surface area (Å²) in [7, 11) is -2.14. The Hall–Kier alpha value is -3.17. The molecule has 2 aromatic carbocycles. The fraction of sp³-hybridized carbons (Fsp3) is 0.304. The molecule has 1 saturated heterocycles. The Kier molecular flexibility index (Phi) is 5.79. The van der Waals surface area contributed by atoms with Crippen LogP contribution in [0.25, 0.3) is 5.69 Å². The van der Waals surface area contributed by atoms with Crippen molar-refractivity contribution in [1.82, 2.24) is 13.4 Å². The number of nitrogens with zero attached hydrogens (tertiary/aromatic N) is 4. The van der Waals surface area contributed by atoms with Gasteiger partial charge in [0.15, 0.2) is 0 Å². The van der Waals surface area contributed by atoms with Gasteiger partial charge < -0.3 is 4.90 Å². The summed E-state index contributed by atoms with van der Waals surface area (Å²) < 4.78 is 30.1. The van der Waals surface area contributed by atoms with Crippen LogP contribution in [-0.4, -0.2) is 48.0 Å². The molecule has 0 atom stereocenters. The summed E-state index contributed by atoms with van der Waals surface area (Å²) in [6.45, 7) is 4.88. The molecule has 0 amide bonds. The van der Waals surface area contributed by atoms with Crippen molar-refractivity contribution in [3.8, 4) is 5.69 Å². The van der Waals surface area contributed by atoms with Gasteiger partial charge in [-0.25, -0.2) is 13.2 Å². The minimum atomic E-state index is -3.60. The molecule has 0 spiro atoms. The van der Waals surface area contributed by atoms with Crippen molar-refractivity contribution >= 4 is 15.7 Å². The first-order chi connectivity index (χ1) is 15.2. The number of aryl methyl sites for hydroxylation is 1. The molecule has 2 heterocycles. The van der Waals surface area contributed by atoms with Crippen LogP contribution in [0, 0.1) is 13.8 Å². The van der Waals surface area contributed by atoms with Crippen LogP contribution in [0.5, 0.6) is 0 Å². The van der Waals surface area contributed by atoms with Gasteiger partial charge in [-0.3, -0.25) is 13.9 Å². The quantitative estimate of drug-likeness (QED) is 0.599. The Morgan fingerprint density at radius 1 is 0.812 bits per heavy atom. The van der Waals surface area contributed by atoms with Gasteiger partial charge in [-0.2, -0.15) is 4.31 Å². The zero-order chi connectivity index (χ0) is 23.0. The fourth-order valence-corrected chi connectivity index (χ4v) is 5.48. The molecule has 32 heavy (non-hydrogen) atoms. The molecular weight excluding hydrogens is 428 g/mol. The lowest BCUT2D eigenvalue weighted by atomic mass is 10.2. The van der Waals surface area contributed by atoms with Crippen molar-refractivity contribution in [3.63, 3.8) is 0 Å². The molecule has 0 N–H and O–H groups in total. The van der Waals surface area contributed by atoms with Crippen LogP contribution in [0.2, 0.25) is 0 Å². The predicted molar refractivity (Wildman–Crippen MR) is 124 cm³/mol. The zero-order valence-corrected chi connectivity index (χ0v) is 19.2. The molecule has 0 bridgehead atoms. The van der Waals surface area contributed by atoms with E-state index in [0.29, 0.717) is 30.2 Å². The third kappa shape index (κ3) is 3.78. The van der Waals surface area contributed by atoms with Crippen LogP contribution >= 0.6 is 0 Å². The van der Waals surface area contributed by atoms with Gasteiger partial charge in [-0.05, 0) is 38.1 Å². The largest absolute Gasteiger partial charge is 0.363 e. The third-order valence-electron chi connectivity index (χ3n) is 5.89. The fourth-order valence-electron chi connectivity index (χ4n) is 4.06. The van der Waals surface area contributed by atoms with Gasteiger partial charge in [0.05, 0.1) is 16.3 Å². The lowest BCUT2D eigenvalue weighted by Gasteiger charge is -2.36. The van der Waals surface area contributed by atoms with E-state index in [1.807, 2.05) is 42.2 Å². The van der Waals surface area contributed by atoms with E-state index in [1.165, 1.54) is 15.9 Å². The maximum absolute atomic E-state index is 13.0. The first kappa shape index (κ1) is 22.0. The number of rotatable bonds is 4. The summed E-state index contributed by atoms with van der Waals surface area (Å²) in [6.07, 6.45) is 0. The minimum absolute atomic E-state index is 0.253. The SMILES string of the molecule is Cc1ccc(S(=O)(=O)N2CCN(c3c(C)n(-c4ccccc4)c(=O)n(C)c3=O)CC2)cc1. The maximum atomic E-state index is 13.0. The van der Waals surface area contributed by atoms with E-state index >= 15 is 0 Å². The second-order valence-corrected chi connectivity index (χ2v) is 9.89. The molecule has 3 aromatic rings. The Balaban J connectivity index is 1.66. The van der Waals surface area contributed by atoms with E-state index < -0.39 is 15.7 Å². The summed E-state index contributed by atoms with van der Waals surface area (Å²) in [6, 6.07) is 16.0. The number of piperazine rings is 1. The van der Waals surface area contributed by atoms with Crippen molar-refractivity contribution in [2.75, 3.05) is 31.1 Å². The molecule has 0 unspecified atom stereocenters. The topological polar surface area (TPSA) is 84.6 Å². The molecule has 1 fully saturated rings. The second-order valence-electron chi connectivity index (χ2n) is 7.96. The van der Waals surface area contributed by atoms with Crippen LogP contribution in [0.1, 0.15) is 11.3 Å². The molecule has 1 aromatic heterocycles. The van der Waals surface area contributed by atoms with E-state index in [4.69, 9.17) is 0 Å². The third-order valence-corrected chi connectivity index (χ3v) is 7.80. The molecule has 168 valence electrons. The van der Waals surface area contributed by atoms with Gasteiger partial charge in [-0.1, -0.05) is 35.9 Å². The molecular formula is C23H26N4O4S. The lowest BCUT2D eigenvalue weighted by Crippen LogP contribution is -2.52. The van der Waals surface area contributed by atoms with Gasteiger partial charge >= 0.3 is 5.69 Å². The number of hydrogen-bond acceptors (Lipinski definition) is 5. The molecule has 8 nitrogen and oxygen atoms in total. The summed E-state index contributed by atoms with van der Waals surface area (Å²) in [4.78, 5) is 28.0. The number of benzene rings is 2. The van der Waals surface area contributed by atoms with Gasteiger partial charge in [0.25, 0.3) is 5.56 Å². The summed E-state index contributed by atoms with van der Waals surface area (Å²) >= 11 is 0. The summed E-state index contributed by atoms with van der Waals surface area (Å²) in [5.74, 6) is 0. The standard InChI is InChI=1S/C23H26N4O4S/c1-17-9-11-20(12-10-17)32(30,31)26-15-13-25(14-16-26)21-18(2)27(19-7-5-4-6-8-19)23(29)24(3)22(21)28/h4-12H,13-16H2,1-3H3. The highest BCUT2D eigenvalue weighted by Gasteiger charge is 2.30. The Morgan fingerprint density at radius 2 is 1.41 bits per heavy atom. The van der Waals surface area contributed by atoms with E-state index in [2.05, 4.69) is 0 Å². The van der Waals surface area contributed by atoms with E-state index in [1.54, 1.807) is 31.2 Å². The van der Waals surface area contributed by atoms with Gasteiger partial charge in [0.2, 0.25) is 10.0 Å². The van der Waals surface area contributed by atoms with E-state index in [9.17, 15) is 18.0 Å². The van der Waals surface area contributed by atoms with Crippen molar-refractivity contribution < 1.29 is 8.42 Å². The Bertz CT molecular complexity index is 1350. The first-order valence-corrected chi connectivity index (χ1v) is 11.9. The average molecular weight is 455 g/mol. The van der Waals surface area contributed by atoms with Crippen LogP contribution < -0.4 is 16.1 Å². The van der Waals surface area contributed by atoms with Crippen molar-refractivity contribution in [3.05, 3.63) is 86.7 Å². The van der Waals surface area contributed by atoms with Crippen LogP contribution in [0.4, 0.5) is 5.69 Å². The molecule has 9 heteroatoms. The highest BCUT2D eigenvalue weighted by atomic mass is 32.2. The number of anilines is 1. The second kappa shape index (κ2) is 8.40. The maximum Gasteiger partial charge on any atom is 0.335 e. The van der Waals surface area contributed by atoms with Gasteiger partial charge in [-0.15, -0.1) is 0 Å². The van der Waals surface area contributed by atoms with Crippen LogP contribution in [-0.2, 0) is 17.1 Å². The highest BCUT2D eigenvalue weighted by molar-refractivity contribution is 7.89. The molecule has 0 saturated carbocycles.